The summed E-state index contributed by atoms with van der Waals surface area (Å²) in [6.45, 7) is 4.78. The lowest BCUT2D eigenvalue weighted by atomic mass is 9.96. The molecule has 1 aliphatic heterocycles. The highest BCUT2D eigenvalue weighted by molar-refractivity contribution is 6.00. The van der Waals surface area contributed by atoms with Gasteiger partial charge < -0.3 is 24.7 Å². The highest BCUT2D eigenvalue weighted by Gasteiger charge is 2.31. The first kappa shape index (κ1) is 22.4. The lowest BCUT2D eigenvalue weighted by Gasteiger charge is -2.32. The van der Waals surface area contributed by atoms with Gasteiger partial charge in [0.1, 0.15) is 11.4 Å². The van der Waals surface area contributed by atoms with Gasteiger partial charge in [0.15, 0.2) is 0 Å². The second-order valence-electron chi connectivity index (χ2n) is 7.78. The third-order valence-corrected chi connectivity index (χ3v) is 5.72. The van der Waals surface area contributed by atoms with Gasteiger partial charge >= 0.3 is 5.97 Å². The normalized spacial score (nSPS) is 16.0. The molecule has 2 heterocycles. The number of amides is 2. The smallest absolute Gasteiger partial charge is 0.339 e. The summed E-state index contributed by atoms with van der Waals surface area (Å²) in [6, 6.07) is 7.54. The zero-order valence-corrected chi connectivity index (χ0v) is 18.4. The van der Waals surface area contributed by atoms with Gasteiger partial charge in [-0.3, -0.25) is 9.59 Å². The average Bonchev–Trinajstić information content (AvgIpc) is 3.10. The Hall–Kier alpha value is -3.29. The molecule has 0 aliphatic carbocycles. The molecule has 2 N–H and O–H groups in total. The first-order valence-electron chi connectivity index (χ1n) is 10.3. The maximum absolute atomic E-state index is 13.1. The van der Waals surface area contributed by atoms with Crippen LogP contribution in [0.25, 0.3) is 0 Å². The van der Waals surface area contributed by atoms with Crippen molar-refractivity contribution >= 4 is 17.8 Å². The van der Waals surface area contributed by atoms with Gasteiger partial charge in [-0.2, -0.15) is 0 Å². The number of aryl methyl sites for hydroxylation is 1. The van der Waals surface area contributed by atoms with Crippen LogP contribution < -0.4 is 10.1 Å². The molecule has 0 radical (unpaired) electrons. The number of H-pyrrole nitrogens is 1. The Kier molecular flexibility index (Phi) is 6.99. The Morgan fingerprint density at radius 3 is 2.71 bits per heavy atom. The predicted octanol–water partition coefficient (Wildman–Crippen LogP) is 2.60. The summed E-state index contributed by atoms with van der Waals surface area (Å²) >= 11 is 0. The van der Waals surface area contributed by atoms with Crippen molar-refractivity contribution in [2.24, 2.45) is 5.92 Å². The Bertz CT molecular complexity index is 982. The number of nitrogens with one attached hydrogen (secondary N) is 2. The van der Waals surface area contributed by atoms with Gasteiger partial charge in [-0.1, -0.05) is 12.1 Å². The lowest BCUT2D eigenvalue weighted by Crippen LogP contribution is -2.45. The second kappa shape index (κ2) is 9.68. The van der Waals surface area contributed by atoms with Crippen LogP contribution in [0, 0.1) is 19.8 Å². The van der Waals surface area contributed by atoms with Crippen molar-refractivity contribution in [3.8, 4) is 5.75 Å². The summed E-state index contributed by atoms with van der Waals surface area (Å²) in [7, 11) is 2.92. The van der Waals surface area contributed by atoms with Crippen LogP contribution >= 0.6 is 0 Å². The molecule has 8 nitrogen and oxygen atoms in total. The number of hydrogen-bond donors (Lipinski definition) is 2. The molecule has 1 aliphatic rings. The number of nitrogens with zero attached hydrogens (tertiary/aromatic N) is 1. The minimum absolute atomic E-state index is 0.0741. The Labute approximate surface area is 181 Å². The van der Waals surface area contributed by atoms with E-state index in [1.165, 1.54) is 7.11 Å². The minimum Gasteiger partial charge on any atom is -0.497 e. The van der Waals surface area contributed by atoms with Gasteiger partial charge in [0.2, 0.25) is 5.91 Å². The number of esters is 1. The van der Waals surface area contributed by atoms with Gasteiger partial charge in [-0.05, 0) is 49.9 Å². The van der Waals surface area contributed by atoms with Crippen LogP contribution in [0.3, 0.4) is 0 Å². The van der Waals surface area contributed by atoms with Gasteiger partial charge in [0, 0.05) is 25.3 Å². The van der Waals surface area contributed by atoms with E-state index < -0.39 is 5.97 Å². The molecule has 0 bridgehead atoms. The molecule has 0 saturated carbocycles. The first-order chi connectivity index (χ1) is 14.8. The molecule has 2 aromatic rings. The van der Waals surface area contributed by atoms with Gasteiger partial charge in [0.05, 0.1) is 25.7 Å². The summed E-state index contributed by atoms with van der Waals surface area (Å²) in [5.74, 6) is -0.293. The SMILES string of the molecule is COC(=O)c1c(C)[nH]c(C(=O)N2CCC[C@H](C(=O)NCc3cccc(OC)c3)C2)c1C. The van der Waals surface area contributed by atoms with Crippen molar-refractivity contribution in [1.82, 2.24) is 15.2 Å². The van der Waals surface area contributed by atoms with Crippen molar-refractivity contribution in [2.45, 2.75) is 33.2 Å². The van der Waals surface area contributed by atoms with Crippen LogP contribution in [0.2, 0.25) is 0 Å². The number of likely N-dealkylation sites (tertiary alicyclic amines) is 1. The van der Waals surface area contributed by atoms with E-state index in [-0.39, 0.29) is 17.7 Å². The molecule has 1 aromatic carbocycles. The first-order valence-corrected chi connectivity index (χ1v) is 10.3. The topological polar surface area (TPSA) is 101 Å². The minimum atomic E-state index is -0.473. The molecule has 166 valence electrons. The van der Waals surface area contributed by atoms with Crippen molar-refractivity contribution in [1.29, 1.82) is 0 Å². The number of methoxy groups -OCH3 is 2. The summed E-state index contributed by atoms with van der Waals surface area (Å²) in [5.41, 5.74) is 2.87. The average molecular weight is 428 g/mol. The van der Waals surface area contributed by atoms with E-state index in [0.717, 1.165) is 24.2 Å². The molecule has 1 aromatic heterocycles. The number of carbonyl (C=O) groups is 3. The molecule has 3 rings (SSSR count). The Balaban J connectivity index is 1.65. The fourth-order valence-corrected chi connectivity index (χ4v) is 4.02. The highest BCUT2D eigenvalue weighted by Crippen LogP contribution is 2.24. The number of carbonyl (C=O) groups excluding carboxylic acids is 3. The van der Waals surface area contributed by atoms with Crippen molar-refractivity contribution in [3.05, 3.63) is 52.3 Å². The Morgan fingerprint density at radius 1 is 1.23 bits per heavy atom. The zero-order valence-electron chi connectivity index (χ0n) is 18.4. The van der Waals surface area contributed by atoms with E-state index >= 15 is 0 Å². The predicted molar refractivity (Wildman–Crippen MR) is 115 cm³/mol. The molecular formula is C23H29N3O5. The number of rotatable bonds is 6. The summed E-state index contributed by atoms with van der Waals surface area (Å²) < 4.78 is 10.0. The molecule has 1 atom stereocenters. The molecular weight excluding hydrogens is 398 g/mol. The van der Waals surface area contributed by atoms with Crippen LogP contribution in [0.1, 0.15) is 50.5 Å². The standard InChI is InChI=1S/C23H29N3O5/c1-14-19(23(29)31-4)15(2)25-20(14)22(28)26-10-6-8-17(13-26)21(27)24-12-16-7-5-9-18(11-16)30-3/h5,7,9,11,17,25H,6,8,10,12-13H2,1-4H3,(H,24,27)/t17-/m0/s1. The third kappa shape index (κ3) is 4.90. The van der Waals surface area contributed by atoms with Crippen LogP contribution in [-0.4, -0.2) is 55.0 Å². The van der Waals surface area contributed by atoms with Gasteiger partial charge in [0.25, 0.3) is 5.91 Å². The van der Waals surface area contributed by atoms with Crippen molar-refractivity contribution in [3.63, 3.8) is 0 Å². The van der Waals surface area contributed by atoms with Crippen molar-refractivity contribution in [2.75, 3.05) is 27.3 Å². The summed E-state index contributed by atoms with van der Waals surface area (Å²) in [6.07, 6.45) is 1.47. The second-order valence-corrected chi connectivity index (χ2v) is 7.78. The fourth-order valence-electron chi connectivity index (χ4n) is 4.02. The number of hydrogen-bond acceptors (Lipinski definition) is 5. The number of benzene rings is 1. The summed E-state index contributed by atoms with van der Waals surface area (Å²) in [4.78, 5) is 42.6. The molecule has 31 heavy (non-hydrogen) atoms. The van der Waals surface area contributed by atoms with Crippen LogP contribution in [-0.2, 0) is 16.1 Å². The number of aromatic nitrogens is 1. The van der Waals surface area contributed by atoms with Crippen LogP contribution in [0.15, 0.2) is 24.3 Å². The molecule has 0 unspecified atom stereocenters. The molecule has 8 heteroatoms. The number of aromatic amines is 1. The number of piperidine rings is 1. The number of ether oxygens (including phenoxy) is 2. The summed E-state index contributed by atoms with van der Waals surface area (Å²) in [5, 5.41) is 2.96. The van der Waals surface area contributed by atoms with Crippen LogP contribution in [0.5, 0.6) is 5.75 Å². The molecule has 0 spiro atoms. The maximum Gasteiger partial charge on any atom is 0.339 e. The van der Waals surface area contributed by atoms with E-state index in [9.17, 15) is 14.4 Å². The van der Waals surface area contributed by atoms with Gasteiger partial charge in [-0.15, -0.1) is 0 Å². The third-order valence-electron chi connectivity index (χ3n) is 5.72. The molecule has 1 saturated heterocycles. The lowest BCUT2D eigenvalue weighted by molar-refractivity contribution is -0.126. The monoisotopic (exact) mass is 427 g/mol. The van der Waals surface area contributed by atoms with E-state index in [1.807, 2.05) is 24.3 Å². The van der Waals surface area contributed by atoms with E-state index in [1.54, 1.807) is 25.9 Å². The molecule has 1 fully saturated rings. The van der Waals surface area contributed by atoms with E-state index in [2.05, 4.69) is 10.3 Å². The maximum atomic E-state index is 13.1. The Morgan fingerprint density at radius 2 is 2.00 bits per heavy atom. The molecule has 2 amide bonds. The zero-order chi connectivity index (χ0) is 22.5. The fraction of sp³-hybridized carbons (Fsp3) is 0.435. The largest absolute Gasteiger partial charge is 0.497 e. The van der Waals surface area contributed by atoms with Crippen LogP contribution in [0.4, 0.5) is 0 Å². The van der Waals surface area contributed by atoms with E-state index in [0.29, 0.717) is 42.1 Å². The highest BCUT2D eigenvalue weighted by atomic mass is 16.5. The van der Waals surface area contributed by atoms with Gasteiger partial charge in [-0.25, -0.2) is 4.79 Å². The van der Waals surface area contributed by atoms with Crippen molar-refractivity contribution < 1.29 is 23.9 Å². The quantitative estimate of drug-likeness (QED) is 0.690. The van der Waals surface area contributed by atoms with E-state index in [4.69, 9.17) is 9.47 Å².